The maximum absolute atomic E-state index is 11.6. The van der Waals surface area contributed by atoms with Gasteiger partial charge in [0.25, 0.3) is 5.91 Å². The molecule has 1 amide bonds. The number of rotatable bonds is 2. The Labute approximate surface area is 108 Å². The molecule has 0 radical (unpaired) electrons. The number of carbonyl (C=O) groups is 1. The van der Waals surface area contributed by atoms with Crippen LogP contribution in [-0.2, 0) is 9.53 Å². The lowest BCUT2D eigenvalue weighted by Gasteiger charge is -2.26. The summed E-state index contributed by atoms with van der Waals surface area (Å²) in [5.41, 5.74) is 0. The maximum atomic E-state index is 11.6. The number of hydrogen-bond donors (Lipinski definition) is 4. The zero-order valence-electron chi connectivity index (χ0n) is 9.85. The maximum Gasteiger partial charge on any atom is 0.259 e. The van der Waals surface area contributed by atoms with E-state index < -0.39 is 30.4 Å². The Kier molecular flexibility index (Phi) is 2.81. The van der Waals surface area contributed by atoms with Gasteiger partial charge < -0.3 is 14.9 Å². The fourth-order valence-corrected chi connectivity index (χ4v) is 2.31. The minimum absolute atomic E-state index is 0.246. The van der Waals surface area contributed by atoms with Crippen LogP contribution in [0, 0.1) is 5.41 Å². The van der Waals surface area contributed by atoms with E-state index in [0.29, 0.717) is 5.84 Å². The molecule has 0 aromatic rings. The summed E-state index contributed by atoms with van der Waals surface area (Å²) in [5.74, 6) is -0.348. The molecule has 102 valence electrons. The SMILES string of the molecule is N=C1N=C2C(N=CN2[C@@H]2C[C@H](O)[C@@H](CO)O2)C(=O)N1. The lowest BCUT2D eigenvalue weighted by Crippen LogP contribution is -2.50. The van der Waals surface area contributed by atoms with Crippen LogP contribution in [0.25, 0.3) is 0 Å². The van der Waals surface area contributed by atoms with Crippen LogP contribution in [0.1, 0.15) is 6.42 Å². The number of amidine groups is 1. The Morgan fingerprint density at radius 1 is 1.63 bits per heavy atom. The molecule has 0 aromatic carbocycles. The minimum Gasteiger partial charge on any atom is -0.394 e. The first-order valence-electron chi connectivity index (χ1n) is 5.84. The highest BCUT2D eigenvalue weighted by atomic mass is 16.5. The third kappa shape index (κ3) is 1.91. The van der Waals surface area contributed by atoms with Gasteiger partial charge in [0.2, 0.25) is 5.96 Å². The van der Waals surface area contributed by atoms with Crippen molar-refractivity contribution in [3.8, 4) is 0 Å². The molecule has 4 N–H and O–H groups in total. The number of hydrogen-bond acceptors (Lipinski definition) is 7. The zero-order valence-corrected chi connectivity index (χ0v) is 9.85. The van der Waals surface area contributed by atoms with Crippen LogP contribution in [-0.4, -0.2) is 70.2 Å². The number of amides is 1. The molecule has 3 heterocycles. The highest BCUT2D eigenvalue weighted by Gasteiger charge is 2.44. The number of nitrogens with one attached hydrogen (secondary N) is 2. The second-order valence-corrected chi connectivity index (χ2v) is 4.50. The molecular weight excluding hydrogens is 254 g/mol. The average Bonchev–Trinajstić information content (AvgIpc) is 2.92. The predicted octanol–water partition coefficient (Wildman–Crippen LogP) is -2.37. The smallest absolute Gasteiger partial charge is 0.259 e. The van der Waals surface area contributed by atoms with Gasteiger partial charge in [-0.25, -0.2) is 0 Å². The van der Waals surface area contributed by atoms with Crippen molar-refractivity contribution in [2.24, 2.45) is 9.98 Å². The summed E-state index contributed by atoms with van der Waals surface area (Å²) in [4.78, 5) is 21.1. The van der Waals surface area contributed by atoms with Crippen LogP contribution < -0.4 is 5.32 Å². The molecule has 0 bridgehead atoms. The van der Waals surface area contributed by atoms with Crippen LogP contribution >= 0.6 is 0 Å². The highest BCUT2D eigenvalue weighted by Crippen LogP contribution is 2.26. The molecule has 0 aromatic heterocycles. The predicted molar refractivity (Wildman–Crippen MR) is 63.8 cm³/mol. The lowest BCUT2D eigenvalue weighted by molar-refractivity contribution is -0.119. The van der Waals surface area contributed by atoms with Crippen LogP contribution in [0.5, 0.6) is 0 Å². The van der Waals surface area contributed by atoms with Gasteiger partial charge >= 0.3 is 0 Å². The monoisotopic (exact) mass is 267 g/mol. The molecule has 0 aliphatic carbocycles. The molecule has 9 nitrogen and oxygen atoms in total. The summed E-state index contributed by atoms with van der Waals surface area (Å²) in [5, 5.41) is 28.4. The lowest BCUT2D eigenvalue weighted by atomic mass is 10.1. The molecule has 0 saturated carbocycles. The van der Waals surface area contributed by atoms with E-state index in [9.17, 15) is 9.90 Å². The van der Waals surface area contributed by atoms with E-state index in [4.69, 9.17) is 15.3 Å². The van der Waals surface area contributed by atoms with Crippen molar-refractivity contribution >= 4 is 24.0 Å². The van der Waals surface area contributed by atoms with Gasteiger partial charge in [-0.3, -0.25) is 25.4 Å². The number of fused-ring (bicyclic) bond motifs is 1. The van der Waals surface area contributed by atoms with E-state index in [-0.39, 0.29) is 19.0 Å². The van der Waals surface area contributed by atoms with E-state index in [0.717, 1.165) is 0 Å². The highest BCUT2D eigenvalue weighted by molar-refractivity contribution is 6.23. The Morgan fingerprint density at radius 3 is 3.11 bits per heavy atom. The third-order valence-electron chi connectivity index (χ3n) is 3.26. The summed E-state index contributed by atoms with van der Waals surface area (Å²) in [6, 6.07) is -0.775. The molecular formula is C10H13N5O4. The molecule has 1 fully saturated rings. The van der Waals surface area contributed by atoms with Gasteiger partial charge in [-0.05, 0) is 0 Å². The van der Waals surface area contributed by atoms with E-state index in [1.807, 2.05) is 0 Å². The van der Waals surface area contributed by atoms with Crippen molar-refractivity contribution in [3.05, 3.63) is 0 Å². The topological polar surface area (TPSA) is 131 Å². The molecule has 0 spiro atoms. The van der Waals surface area contributed by atoms with Crippen LogP contribution in [0.4, 0.5) is 0 Å². The van der Waals surface area contributed by atoms with Crippen molar-refractivity contribution in [1.29, 1.82) is 5.41 Å². The standard InChI is InChI=1S/C10H13N5O4/c11-10-13-8-7(9(18)14-10)12-3-15(8)6-1-4(17)5(2-16)19-6/h3-7,16-17H,1-2H2,(H2,11,14,18)/t4-,5+,6-,7?/m0/s1. The Morgan fingerprint density at radius 2 is 2.42 bits per heavy atom. The average molecular weight is 267 g/mol. The molecule has 4 atom stereocenters. The van der Waals surface area contributed by atoms with Crippen molar-refractivity contribution < 1.29 is 19.7 Å². The molecule has 9 heteroatoms. The second kappa shape index (κ2) is 4.37. The largest absolute Gasteiger partial charge is 0.394 e. The van der Waals surface area contributed by atoms with Gasteiger partial charge in [0.1, 0.15) is 12.3 Å². The quantitative estimate of drug-likeness (QED) is 0.444. The Hall–Kier alpha value is -1.84. The number of aliphatic hydroxyl groups excluding tert-OH is 2. The molecule has 3 rings (SSSR count). The Bertz CT molecular complexity index is 490. The summed E-state index contributed by atoms with van der Waals surface area (Å²) >= 11 is 0. The molecule has 19 heavy (non-hydrogen) atoms. The van der Waals surface area contributed by atoms with Gasteiger partial charge in [-0.15, -0.1) is 0 Å². The van der Waals surface area contributed by atoms with Crippen LogP contribution in [0.15, 0.2) is 9.98 Å². The fraction of sp³-hybridized carbons (Fsp3) is 0.600. The molecule has 3 aliphatic rings. The van der Waals surface area contributed by atoms with Gasteiger partial charge in [0.15, 0.2) is 11.9 Å². The van der Waals surface area contributed by atoms with Crippen molar-refractivity contribution in [1.82, 2.24) is 10.2 Å². The van der Waals surface area contributed by atoms with Crippen LogP contribution in [0.2, 0.25) is 0 Å². The minimum atomic E-state index is -0.778. The summed E-state index contributed by atoms with van der Waals surface area (Å²) in [6.07, 6.45) is -0.287. The number of aliphatic hydroxyl groups is 2. The summed E-state index contributed by atoms with van der Waals surface area (Å²) in [6.45, 7) is -0.283. The van der Waals surface area contributed by atoms with Gasteiger partial charge in [-0.2, -0.15) is 4.99 Å². The molecule has 1 saturated heterocycles. The summed E-state index contributed by atoms with van der Waals surface area (Å²) < 4.78 is 5.48. The number of nitrogens with zero attached hydrogens (tertiary/aromatic N) is 3. The van der Waals surface area contributed by atoms with Crippen molar-refractivity contribution in [3.63, 3.8) is 0 Å². The number of guanidine groups is 1. The third-order valence-corrected chi connectivity index (χ3v) is 3.26. The van der Waals surface area contributed by atoms with Crippen LogP contribution in [0.3, 0.4) is 0 Å². The first-order valence-corrected chi connectivity index (χ1v) is 5.84. The van der Waals surface area contributed by atoms with E-state index in [1.165, 1.54) is 11.2 Å². The number of ether oxygens (including phenoxy) is 1. The van der Waals surface area contributed by atoms with Gasteiger partial charge in [0.05, 0.1) is 19.0 Å². The first-order chi connectivity index (χ1) is 9.10. The van der Waals surface area contributed by atoms with Crippen molar-refractivity contribution in [2.45, 2.75) is 30.9 Å². The second-order valence-electron chi connectivity index (χ2n) is 4.50. The van der Waals surface area contributed by atoms with E-state index in [2.05, 4.69) is 15.3 Å². The normalized spacial score (nSPS) is 37.4. The van der Waals surface area contributed by atoms with Crippen molar-refractivity contribution in [2.75, 3.05) is 6.61 Å². The number of aliphatic imine (C=N–C) groups is 2. The fourth-order valence-electron chi connectivity index (χ4n) is 2.31. The summed E-state index contributed by atoms with van der Waals surface area (Å²) in [7, 11) is 0. The molecule has 3 aliphatic heterocycles. The van der Waals surface area contributed by atoms with Gasteiger partial charge in [0, 0.05) is 6.42 Å². The Balaban J connectivity index is 1.82. The first kappa shape index (κ1) is 12.2. The van der Waals surface area contributed by atoms with E-state index in [1.54, 1.807) is 0 Å². The molecule has 1 unspecified atom stereocenters. The number of carbonyl (C=O) groups excluding carboxylic acids is 1. The van der Waals surface area contributed by atoms with E-state index >= 15 is 0 Å². The van der Waals surface area contributed by atoms with Gasteiger partial charge in [-0.1, -0.05) is 0 Å². The zero-order chi connectivity index (χ0) is 13.6.